The molecule has 1 aromatic heterocycles. The second-order valence-corrected chi connectivity index (χ2v) is 9.43. The van der Waals surface area contributed by atoms with E-state index in [1.165, 1.54) is 11.8 Å². The van der Waals surface area contributed by atoms with Gasteiger partial charge in [0, 0.05) is 10.7 Å². The molecule has 0 unspecified atom stereocenters. The molecule has 1 amide bonds. The summed E-state index contributed by atoms with van der Waals surface area (Å²) in [4.78, 5) is 13.3. The van der Waals surface area contributed by atoms with Crippen molar-refractivity contribution in [2.24, 2.45) is 0 Å². The van der Waals surface area contributed by atoms with Gasteiger partial charge < -0.3 is 15.5 Å². The zero-order valence-electron chi connectivity index (χ0n) is 18.3. The van der Waals surface area contributed by atoms with Crippen LogP contribution in [0.5, 0.6) is 5.75 Å². The van der Waals surface area contributed by atoms with Crippen LogP contribution in [0, 0.1) is 6.92 Å². The molecule has 0 aliphatic carbocycles. The van der Waals surface area contributed by atoms with E-state index >= 15 is 0 Å². The van der Waals surface area contributed by atoms with Crippen LogP contribution >= 0.6 is 23.4 Å². The van der Waals surface area contributed by atoms with Crippen LogP contribution in [-0.2, 0) is 11.4 Å². The lowest BCUT2D eigenvalue weighted by atomic mass is 10.0. The summed E-state index contributed by atoms with van der Waals surface area (Å²) in [6.45, 7) is 2.28. The number of carbonyl (C=O) groups is 1. The van der Waals surface area contributed by atoms with Crippen molar-refractivity contribution in [3.8, 4) is 5.75 Å². The van der Waals surface area contributed by atoms with Gasteiger partial charge in [-0.25, -0.2) is 4.68 Å². The minimum Gasteiger partial charge on any atom is -0.486 e. The number of carbonyl (C=O) groups excluding carboxylic acids is 1. The Labute approximate surface area is 206 Å². The minimum absolute atomic E-state index is 0.137. The topological polar surface area (TPSA) is 81.1 Å². The monoisotopic (exact) mass is 491 g/mol. The largest absolute Gasteiger partial charge is 0.486 e. The standard InChI is InChI=1S/C25H22ClN5O2S/c1-16-7-9-17(10-8-16)22-23(24(32)27-19-13-11-18(26)12-14-19)34-25-29-28-21(31(25)30-22)15-33-20-5-3-2-4-6-20/h2-14,22-23,30H,15H2,1H3,(H,27,32)/t22-,23+/m0/s1. The van der Waals surface area contributed by atoms with Crippen LogP contribution in [0.1, 0.15) is 23.0 Å². The van der Waals surface area contributed by atoms with Gasteiger partial charge in [-0.3, -0.25) is 4.79 Å². The van der Waals surface area contributed by atoms with E-state index in [1.807, 2.05) is 66.2 Å². The molecule has 9 heteroatoms. The summed E-state index contributed by atoms with van der Waals surface area (Å²) in [5.41, 5.74) is 6.27. The molecule has 3 aromatic carbocycles. The number of aromatic nitrogens is 3. The predicted octanol–water partition coefficient (Wildman–Crippen LogP) is 5.22. The van der Waals surface area contributed by atoms with Gasteiger partial charge in [-0.1, -0.05) is 71.4 Å². The van der Waals surface area contributed by atoms with Crippen molar-refractivity contribution in [2.45, 2.75) is 30.0 Å². The highest BCUT2D eigenvalue weighted by Gasteiger charge is 2.38. The molecule has 2 N–H and O–H groups in total. The SMILES string of the molecule is Cc1ccc([C@@H]2Nn3c(COc4ccccc4)nnc3S[C@H]2C(=O)Nc2ccc(Cl)cc2)cc1. The number of amides is 1. The van der Waals surface area contributed by atoms with Crippen molar-refractivity contribution in [3.05, 3.63) is 101 Å². The molecule has 0 fully saturated rings. The number of halogens is 1. The summed E-state index contributed by atoms with van der Waals surface area (Å²) in [6, 6.07) is 24.4. The first-order valence-corrected chi connectivity index (χ1v) is 12.0. The van der Waals surface area contributed by atoms with Gasteiger partial charge in [-0.15, -0.1) is 10.2 Å². The first kappa shape index (κ1) is 22.3. The Morgan fingerprint density at radius 3 is 2.53 bits per heavy atom. The second-order valence-electron chi connectivity index (χ2n) is 7.89. The number of hydrogen-bond acceptors (Lipinski definition) is 6. The zero-order valence-corrected chi connectivity index (χ0v) is 19.9. The first-order valence-electron chi connectivity index (χ1n) is 10.8. The molecule has 5 rings (SSSR count). The van der Waals surface area contributed by atoms with Crippen LogP contribution in [0.25, 0.3) is 0 Å². The summed E-state index contributed by atoms with van der Waals surface area (Å²) in [6.07, 6.45) is 0. The molecule has 34 heavy (non-hydrogen) atoms. The Hall–Kier alpha value is -3.49. The summed E-state index contributed by atoms with van der Waals surface area (Å²) < 4.78 is 7.68. The number of rotatable bonds is 6. The van der Waals surface area contributed by atoms with E-state index in [1.54, 1.807) is 24.3 Å². The van der Waals surface area contributed by atoms with Crippen molar-refractivity contribution >= 4 is 35.0 Å². The molecule has 1 aliphatic rings. The van der Waals surface area contributed by atoms with E-state index in [4.69, 9.17) is 16.3 Å². The third-order valence-electron chi connectivity index (χ3n) is 5.42. The molecule has 7 nitrogen and oxygen atoms in total. The van der Waals surface area contributed by atoms with E-state index in [-0.39, 0.29) is 18.6 Å². The Bertz CT molecular complexity index is 1280. The maximum absolute atomic E-state index is 13.3. The van der Waals surface area contributed by atoms with Gasteiger partial charge in [0.25, 0.3) is 0 Å². The van der Waals surface area contributed by atoms with Crippen LogP contribution in [-0.4, -0.2) is 26.0 Å². The maximum atomic E-state index is 13.3. The normalized spacial score (nSPS) is 16.9. The number of ether oxygens (including phenoxy) is 1. The summed E-state index contributed by atoms with van der Waals surface area (Å²) in [7, 11) is 0. The van der Waals surface area contributed by atoms with Gasteiger partial charge in [-0.2, -0.15) is 0 Å². The lowest BCUT2D eigenvalue weighted by molar-refractivity contribution is -0.116. The number of thioether (sulfide) groups is 1. The van der Waals surface area contributed by atoms with Crippen LogP contribution in [0.2, 0.25) is 5.02 Å². The molecule has 0 saturated carbocycles. The van der Waals surface area contributed by atoms with Gasteiger partial charge in [0.15, 0.2) is 5.82 Å². The van der Waals surface area contributed by atoms with Crippen molar-refractivity contribution in [3.63, 3.8) is 0 Å². The van der Waals surface area contributed by atoms with Crippen molar-refractivity contribution in [1.29, 1.82) is 0 Å². The third-order valence-corrected chi connectivity index (χ3v) is 6.89. The van der Waals surface area contributed by atoms with Gasteiger partial charge >= 0.3 is 0 Å². The van der Waals surface area contributed by atoms with Crippen LogP contribution in [0.15, 0.2) is 84.0 Å². The molecule has 0 spiro atoms. The van der Waals surface area contributed by atoms with E-state index in [0.717, 1.165) is 16.9 Å². The number of nitrogens with zero attached hydrogens (tertiary/aromatic N) is 3. The van der Waals surface area contributed by atoms with Crippen LogP contribution in [0.3, 0.4) is 0 Å². The van der Waals surface area contributed by atoms with Crippen LogP contribution < -0.4 is 15.5 Å². The van der Waals surface area contributed by atoms with Crippen molar-refractivity contribution in [1.82, 2.24) is 14.9 Å². The van der Waals surface area contributed by atoms with Crippen molar-refractivity contribution in [2.75, 3.05) is 10.7 Å². The van der Waals surface area contributed by atoms with Gasteiger partial charge in [0.2, 0.25) is 11.1 Å². The molecule has 0 bridgehead atoms. The molecule has 0 radical (unpaired) electrons. The number of para-hydroxylation sites is 1. The molecular weight excluding hydrogens is 470 g/mol. The number of nitrogens with one attached hydrogen (secondary N) is 2. The molecule has 2 atom stereocenters. The van der Waals surface area contributed by atoms with Gasteiger partial charge in [-0.05, 0) is 48.9 Å². The molecule has 2 heterocycles. The lowest BCUT2D eigenvalue weighted by Gasteiger charge is -2.33. The highest BCUT2D eigenvalue weighted by atomic mass is 35.5. The van der Waals surface area contributed by atoms with E-state index in [2.05, 4.69) is 20.9 Å². The average Bonchev–Trinajstić information content (AvgIpc) is 3.26. The number of anilines is 1. The van der Waals surface area contributed by atoms with E-state index in [9.17, 15) is 4.79 Å². The second kappa shape index (κ2) is 9.79. The van der Waals surface area contributed by atoms with Gasteiger partial charge in [0.05, 0.1) is 6.04 Å². The van der Waals surface area contributed by atoms with Gasteiger partial charge in [0.1, 0.15) is 17.6 Å². The highest BCUT2D eigenvalue weighted by Crippen LogP contribution is 2.37. The van der Waals surface area contributed by atoms with E-state index in [0.29, 0.717) is 21.7 Å². The summed E-state index contributed by atoms with van der Waals surface area (Å²) in [5.74, 6) is 1.24. The Morgan fingerprint density at radius 1 is 1.06 bits per heavy atom. The van der Waals surface area contributed by atoms with Crippen LogP contribution in [0.4, 0.5) is 5.69 Å². The Morgan fingerprint density at radius 2 is 1.79 bits per heavy atom. The highest BCUT2D eigenvalue weighted by molar-refractivity contribution is 8.00. The Balaban J connectivity index is 1.41. The van der Waals surface area contributed by atoms with Crippen molar-refractivity contribution < 1.29 is 9.53 Å². The third kappa shape index (κ3) is 4.88. The average molecular weight is 492 g/mol. The molecule has 0 saturated heterocycles. The fourth-order valence-corrected chi connectivity index (χ4v) is 4.85. The predicted molar refractivity (Wildman–Crippen MR) is 134 cm³/mol. The molecule has 1 aliphatic heterocycles. The number of benzene rings is 3. The zero-order chi connectivity index (χ0) is 23.5. The quantitative estimate of drug-likeness (QED) is 0.385. The summed E-state index contributed by atoms with van der Waals surface area (Å²) in [5, 5.41) is 12.3. The molecule has 4 aromatic rings. The van der Waals surface area contributed by atoms with E-state index < -0.39 is 5.25 Å². The fourth-order valence-electron chi connectivity index (χ4n) is 3.63. The summed E-state index contributed by atoms with van der Waals surface area (Å²) >= 11 is 7.35. The maximum Gasteiger partial charge on any atom is 0.240 e. The smallest absolute Gasteiger partial charge is 0.240 e. The molecular formula is C25H22ClN5O2S. The minimum atomic E-state index is -0.474. The first-order chi connectivity index (χ1) is 16.6. The fraction of sp³-hybridized carbons (Fsp3) is 0.160. The lowest BCUT2D eigenvalue weighted by Crippen LogP contribution is -2.41. The Kier molecular flexibility index (Phi) is 6.42. The number of aryl methyl sites for hydroxylation is 1. The number of fused-ring (bicyclic) bond motifs is 1. The molecule has 172 valence electrons. The number of hydrogen-bond donors (Lipinski definition) is 2.